The number of ether oxygens (including phenoxy) is 1. The van der Waals surface area contributed by atoms with Crippen LogP contribution in [-0.4, -0.2) is 41.6 Å². The van der Waals surface area contributed by atoms with Crippen molar-refractivity contribution in [2.75, 3.05) is 24.7 Å². The van der Waals surface area contributed by atoms with Crippen molar-refractivity contribution in [3.63, 3.8) is 0 Å². The van der Waals surface area contributed by atoms with Crippen LogP contribution in [-0.2, 0) is 25.2 Å². The number of rotatable bonds is 10. The van der Waals surface area contributed by atoms with Crippen LogP contribution < -0.4 is 0 Å². The van der Waals surface area contributed by atoms with Crippen molar-refractivity contribution < 1.29 is 29.3 Å². The Hall–Kier alpha value is -0.280. The molecule has 0 radical (unpaired) electrons. The maximum Gasteiger partial charge on any atom is 0.302 e. The molecule has 0 aliphatic rings. The lowest BCUT2D eigenvalue weighted by Gasteiger charge is -2.14. The highest BCUT2D eigenvalue weighted by Gasteiger charge is 2.13. The summed E-state index contributed by atoms with van der Waals surface area (Å²) in [5.41, 5.74) is 0. The Morgan fingerprint density at radius 1 is 0.842 bits per heavy atom. The Bertz CT molecular complexity index is 405. The Labute approximate surface area is 113 Å². The van der Waals surface area contributed by atoms with Crippen LogP contribution in [0, 0.1) is 11.8 Å². The first-order valence-electron chi connectivity index (χ1n) is 5.92. The number of hydrogen-bond donors (Lipinski definition) is 0. The van der Waals surface area contributed by atoms with E-state index in [2.05, 4.69) is 0 Å². The maximum absolute atomic E-state index is 12.3. The zero-order valence-corrected chi connectivity index (χ0v) is 12.6. The molecular formula is C10H20F2O5S2. The molecule has 0 aromatic heterocycles. The zero-order chi connectivity index (χ0) is 15.1. The lowest BCUT2D eigenvalue weighted by molar-refractivity contribution is 0.0782. The molecule has 0 rings (SSSR count). The van der Waals surface area contributed by atoms with Gasteiger partial charge in [0.05, 0.1) is 11.5 Å². The van der Waals surface area contributed by atoms with Crippen LogP contribution in [0.15, 0.2) is 0 Å². The molecule has 0 bridgehead atoms. The van der Waals surface area contributed by atoms with Gasteiger partial charge in [0.1, 0.15) is 0 Å². The summed E-state index contributed by atoms with van der Waals surface area (Å²) in [4.78, 5) is 0. The molecule has 2 atom stereocenters. The van der Waals surface area contributed by atoms with Gasteiger partial charge < -0.3 is 4.74 Å². The van der Waals surface area contributed by atoms with Crippen LogP contribution in [0.4, 0.5) is 7.77 Å². The molecular weight excluding hydrogens is 302 g/mol. The third kappa shape index (κ3) is 13.9. The Morgan fingerprint density at radius 2 is 1.16 bits per heavy atom. The fourth-order valence-electron chi connectivity index (χ4n) is 1.32. The Kier molecular flexibility index (Phi) is 7.99. The van der Waals surface area contributed by atoms with Crippen LogP contribution in [0.5, 0.6) is 0 Å². The summed E-state index contributed by atoms with van der Waals surface area (Å²) in [6, 6.07) is 0. The van der Waals surface area contributed by atoms with Crippen molar-refractivity contribution in [2.24, 2.45) is 11.8 Å². The minimum atomic E-state index is -4.45. The fourth-order valence-corrected chi connectivity index (χ4v) is 2.69. The largest absolute Gasteiger partial charge is 0.381 e. The second-order valence-electron chi connectivity index (χ2n) is 4.81. The summed E-state index contributed by atoms with van der Waals surface area (Å²) in [6.07, 6.45) is 0.318. The topological polar surface area (TPSA) is 77.5 Å². The minimum Gasteiger partial charge on any atom is -0.381 e. The highest BCUT2D eigenvalue weighted by atomic mass is 32.3. The summed E-state index contributed by atoms with van der Waals surface area (Å²) in [5.74, 6) is -1.31. The predicted molar refractivity (Wildman–Crippen MR) is 68.2 cm³/mol. The lowest BCUT2D eigenvalue weighted by Crippen LogP contribution is -2.15. The Morgan fingerprint density at radius 3 is 1.42 bits per heavy atom. The van der Waals surface area contributed by atoms with Crippen molar-refractivity contribution >= 4 is 20.4 Å². The second-order valence-corrected chi connectivity index (χ2v) is 7.78. The van der Waals surface area contributed by atoms with Crippen LogP contribution in [0.2, 0.25) is 0 Å². The maximum atomic E-state index is 12.3. The Balaban J connectivity index is 3.72. The average molecular weight is 322 g/mol. The van der Waals surface area contributed by atoms with E-state index >= 15 is 0 Å². The van der Waals surface area contributed by atoms with Crippen molar-refractivity contribution in [2.45, 2.75) is 26.7 Å². The first-order chi connectivity index (χ1) is 8.49. The fraction of sp³-hybridized carbons (Fsp3) is 1.00. The third-order valence-electron chi connectivity index (χ3n) is 2.51. The molecule has 0 aliphatic heterocycles. The normalized spacial score (nSPS) is 16.2. The highest BCUT2D eigenvalue weighted by molar-refractivity contribution is 7.86. The van der Waals surface area contributed by atoms with Crippen molar-refractivity contribution in [3.8, 4) is 0 Å². The quantitative estimate of drug-likeness (QED) is 0.572. The van der Waals surface area contributed by atoms with Gasteiger partial charge in [-0.05, 0) is 24.7 Å². The summed E-state index contributed by atoms with van der Waals surface area (Å²) in [5, 5.41) is 0. The van der Waals surface area contributed by atoms with Crippen LogP contribution in [0.3, 0.4) is 0 Å². The summed E-state index contributed by atoms with van der Waals surface area (Å²) >= 11 is 0. The molecule has 5 nitrogen and oxygen atoms in total. The second kappa shape index (κ2) is 8.11. The van der Waals surface area contributed by atoms with Crippen molar-refractivity contribution in [1.29, 1.82) is 0 Å². The van der Waals surface area contributed by atoms with Gasteiger partial charge in [0.25, 0.3) is 0 Å². The van der Waals surface area contributed by atoms with Crippen LogP contribution in [0.1, 0.15) is 26.7 Å². The zero-order valence-electron chi connectivity index (χ0n) is 11.0. The number of halogens is 2. The molecule has 19 heavy (non-hydrogen) atoms. The smallest absolute Gasteiger partial charge is 0.302 e. The predicted octanol–water partition coefficient (Wildman–Crippen LogP) is 1.65. The summed E-state index contributed by atoms with van der Waals surface area (Å²) < 4.78 is 70.9. The average Bonchev–Trinajstić information content (AvgIpc) is 2.22. The van der Waals surface area contributed by atoms with E-state index in [0.717, 1.165) is 0 Å². The first-order valence-corrected chi connectivity index (χ1v) is 9.02. The van der Waals surface area contributed by atoms with E-state index < -0.39 is 32.0 Å². The molecule has 0 fully saturated rings. The number of hydrogen-bond acceptors (Lipinski definition) is 5. The van der Waals surface area contributed by atoms with Crippen molar-refractivity contribution in [3.05, 3.63) is 0 Å². The van der Waals surface area contributed by atoms with E-state index in [1.54, 1.807) is 13.8 Å². The standard InChI is InChI=1S/C10H20F2O5S2/c1-9(3-5-18(11,13)14)7-17-8-10(2)4-6-19(12,15)16/h9-10H,3-8H2,1-2H3. The van der Waals surface area contributed by atoms with Gasteiger partial charge in [-0.15, -0.1) is 7.77 Å². The molecule has 0 aliphatic carbocycles. The molecule has 0 amide bonds. The van der Waals surface area contributed by atoms with E-state index in [1.807, 2.05) is 0 Å². The molecule has 0 saturated heterocycles. The molecule has 2 unspecified atom stereocenters. The molecule has 116 valence electrons. The van der Waals surface area contributed by atoms with E-state index in [1.165, 1.54) is 0 Å². The van der Waals surface area contributed by atoms with Crippen molar-refractivity contribution in [1.82, 2.24) is 0 Å². The minimum absolute atomic E-state index is 0.123. The van der Waals surface area contributed by atoms with Gasteiger partial charge in [-0.1, -0.05) is 13.8 Å². The van der Waals surface area contributed by atoms with Crippen LogP contribution >= 0.6 is 0 Å². The summed E-state index contributed by atoms with van der Waals surface area (Å²) in [7, 11) is -8.90. The molecule has 0 spiro atoms. The van der Waals surface area contributed by atoms with Crippen LogP contribution in [0.25, 0.3) is 0 Å². The van der Waals surface area contributed by atoms with Gasteiger partial charge in [-0.2, -0.15) is 16.8 Å². The third-order valence-corrected chi connectivity index (χ3v) is 3.96. The molecule has 0 N–H and O–H groups in total. The van der Waals surface area contributed by atoms with Gasteiger partial charge in [0.15, 0.2) is 0 Å². The SMILES string of the molecule is CC(CCS(=O)(=O)F)COCC(C)CCS(=O)(=O)F. The van der Waals surface area contributed by atoms with Gasteiger partial charge in [-0.3, -0.25) is 0 Å². The van der Waals surface area contributed by atoms with E-state index in [9.17, 15) is 24.6 Å². The van der Waals surface area contributed by atoms with Gasteiger partial charge in [-0.25, -0.2) is 0 Å². The lowest BCUT2D eigenvalue weighted by atomic mass is 10.1. The molecule has 9 heteroatoms. The van der Waals surface area contributed by atoms with E-state index in [4.69, 9.17) is 4.74 Å². The highest BCUT2D eigenvalue weighted by Crippen LogP contribution is 2.10. The van der Waals surface area contributed by atoms with Gasteiger partial charge in [0.2, 0.25) is 0 Å². The molecule has 0 aromatic rings. The summed E-state index contributed by atoms with van der Waals surface area (Å²) in [6.45, 7) is 3.95. The molecule has 0 aromatic carbocycles. The molecule has 0 saturated carbocycles. The van der Waals surface area contributed by atoms with Gasteiger partial charge in [0, 0.05) is 13.2 Å². The van der Waals surface area contributed by atoms with E-state index in [-0.39, 0.29) is 37.9 Å². The monoisotopic (exact) mass is 322 g/mol. The first kappa shape index (κ1) is 18.7. The van der Waals surface area contributed by atoms with E-state index in [0.29, 0.717) is 0 Å². The molecule has 0 heterocycles. The van der Waals surface area contributed by atoms with Gasteiger partial charge >= 0.3 is 20.4 Å².